The zero-order chi connectivity index (χ0) is 23.0. The number of hydrogen-bond acceptors (Lipinski definition) is 5. The molecule has 170 valence electrons. The molecule has 1 N–H and O–H groups in total. The van der Waals surface area contributed by atoms with E-state index in [1.165, 1.54) is 0 Å². The molecule has 0 aromatic carbocycles. The number of hydrogen-bond donors (Lipinski definition) is 1. The molecule has 6 nitrogen and oxygen atoms in total. The Morgan fingerprint density at radius 3 is 2.48 bits per heavy atom. The molecule has 0 saturated carbocycles. The van der Waals surface area contributed by atoms with Gasteiger partial charge in [0.25, 0.3) is 0 Å². The largest absolute Gasteiger partial charge is 0.479 e. The average molecular weight is 452 g/mol. The zero-order valence-corrected chi connectivity index (χ0v) is 19.5. The highest BCUT2D eigenvalue weighted by Gasteiger charge is 2.57. The molecule has 3 rings (SSSR count). The number of nitrogens with zero attached hydrogens (tertiary/aromatic N) is 3. The average Bonchev–Trinajstić information content (AvgIpc) is 2.68. The van der Waals surface area contributed by atoms with Crippen LogP contribution in [0.4, 0.5) is 4.39 Å². The van der Waals surface area contributed by atoms with Crippen molar-refractivity contribution in [2.24, 2.45) is 10.4 Å². The van der Waals surface area contributed by atoms with Gasteiger partial charge in [-0.15, -0.1) is 0 Å². The first-order valence-electron chi connectivity index (χ1n) is 10.5. The molecule has 2 atom stereocenters. The second-order valence-corrected chi connectivity index (χ2v) is 10.3. The van der Waals surface area contributed by atoms with E-state index in [-0.39, 0.29) is 17.7 Å². The second kappa shape index (κ2) is 8.51. The topological polar surface area (TPSA) is 75.0 Å². The first-order valence-corrected chi connectivity index (χ1v) is 10.9. The van der Waals surface area contributed by atoms with E-state index < -0.39 is 28.5 Å². The lowest BCUT2D eigenvalue weighted by Gasteiger charge is -2.46. The van der Waals surface area contributed by atoms with Gasteiger partial charge >= 0.3 is 5.97 Å². The third-order valence-electron chi connectivity index (χ3n) is 5.81. The van der Waals surface area contributed by atoms with Gasteiger partial charge in [-0.25, -0.2) is 9.18 Å². The molecule has 2 aliphatic rings. The fourth-order valence-corrected chi connectivity index (χ4v) is 4.32. The Bertz CT molecular complexity index is 885. The Morgan fingerprint density at radius 2 is 1.97 bits per heavy atom. The number of aromatic nitrogens is 1. The molecular formula is C23H31ClFN3O3. The predicted molar refractivity (Wildman–Crippen MR) is 120 cm³/mol. The SMILES string of the molecule is CC1(C)CCN(C2=C(c3cccnc3)CN=C(Cl)C2(F)[C@@H](OC(C)(C)C)C(=O)O)CC1. The van der Waals surface area contributed by atoms with Crippen molar-refractivity contribution in [1.29, 1.82) is 0 Å². The van der Waals surface area contributed by atoms with Gasteiger partial charge in [0, 0.05) is 31.1 Å². The minimum absolute atomic E-state index is 0.130. The lowest BCUT2D eigenvalue weighted by atomic mass is 9.80. The Balaban J connectivity index is 2.20. The van der Waals surface area contributed by atoms with Crippen LogP contribution >= 0.6 is 11.6 Å². The summed E-state index contributed by atoms with van der Waals surface area (Å²) in [6, 6.07) is 3.59. The summed E-state index contributed by atoms with van der Waals surface area (Å²) in [6.07, 6.45) is 3.12. The Kier molecular flexibility index (Phi) is 6.50. The maximum absolute atomic E-state index is 17.1. The molecule has 0 amide bonds. The second-order valence-electron chi connectivity index (χ2n) is 9.99. The van der Waals surface area contributed by atoms with Gasteiger partial charge in [0.2, 0.25) is 11.8 Å². The lowest BCUT2D eigenvalue weighted by molar-refractivity contribution is -0.170. The van der Waals surface area contributed by atoms with Crippen LogP contribution in [0.25, 0.3) is 5.57 Å². The third kappa shape index (κ3) is 4.93. The van der Waals surface area contributed by atoms with Crippen LogP contribution in [0.1, 0.15) is 53.0 Å². The number of dihydropyridines is 1. The minimum Gasteiger partial charge on any atom is -0.479 e. The molecule has 0 aliphatic carbocycles. The maximum atomic E-state index is 17.1. The molecule has 31 heavy (non-hydrogen) atoms. The van der Waals surface area contributed by atoms with E-state index in [0.29, 0.717) is 24.2 Å². The minimum atomic E-state index is -2.62. The summed E-state index contributed by atoms with van der Waals surface area (Å²) in [6.45, 7) is 10.8. The van der Waals surface area contributed by atoms with Crippen molar-refractivity contribution >= 4 is 28.3 Å². The first-order chi connectivity index (χ1) is 14.3. The molecule has 0 radical (unpaired) electrons. The molecule has 1 fully saturated rings. The summed E-state index contributed by atoms with van der Waals surface area (Å²) in [7, 11) is 0. The van der Waals surface area contributed by atoms with Crippen molar-refractivity contribution < 1.29 is 19.0 Å². The van der Waals surface area contributed by atoms with E-state index in [1.54, 1.807) is 39.2 Å². The standard InChI is InChI=1S/C23H31ClFN3O3/c1-21(2,3)31-18(19(29)30)23(25)17(28-11-8-22(4,5)9-12-28)16(14-27-20(23)24)15-7-6-10-26-13-15/h6-7,10,13,18H,8-9,11-12,14H2,1-5H3,(H,29,30)/t18-,23?/m0/s1. The Morgan fingerprint density at radius 1 is 1.32 bits per heavy atom. The van der Waals surface area contributed by atoms with Gasteiger partial charge in [-0.2, -0.15) is 0 Å². The molecule has 1 aromatic rings. The number of aliphatic imine (C=N–C) groups is 1. The number of carboxylic acids is 1. The molecule has 0 spiro atoms. The van der Waals surface area contributed by atoms with Gasteiger partial charge in [-0.05, 0) is 50.7 Å². The molecule has 8 heteroatoms. The van der Waals surface area contributed by atoms with Gasteiger partial charge < -0.3 is 14.7 Å². The third-order valence-corrected chi connectivity index (χ3v) is 6.20. The highest BCUT2D eigenvalue weighted by Crippen LogP contribution is 2.45. The number of alkyl halides is 1. The predicted octanol–water partition coefficient (Wildman–Crippen LogP) is 4.54. The van der Waals surface area contributed by atoms with E-state index in [4.69, 9.17) is 16.3 Å². The zero-order valence-electron chi connectivity index (χ0n) is 18.8. The van der Waals surface area contributed by atoms with Crippen LogP contribution in [0, 0.1) is 5.41 Å². The number of aliphatic carboxylic acids is 1. The molecule has 3 heterocycles. The molecule has 1 saturated heterocycles. The van der Waals surface area contributed by atoms with Crippen molar-refractivity contribution in [3.63, 3.8) is 0 Å². The van der Waals surface area contributed by atoms with Crippen molar-refractivity contribution in [3.05, 3.63) is 35.8 Å². The van der Waals surface area contributed by atoms with Crippen molar-refractivity contribution in [3.8, 4) is 0 Å². The van der Waals surface area contributed by atoms with Crippen LogP contribution in [0.2, 0.25) is 0 Å². The Hall–Kier alpha value is -1.99. The lowest BCUT2D eigenvalue weighted by Crippen LogP contribution is -2.58. The fraction of sp³-hybridized carbons (Fsp3) is 0.609. The first kappa shape index (κ1) is 23.7. The summed E-state index contributed by atoms with van der Waals surface area (Å²) in [5.74, 6) is -1.42. The van der Waals surface area contributed by atoms with Crippen LogP contribution in [0.15, 0.2) is 35.2 Å². The molecular weight excluding hydrogens is 421 g/mol. The highest BCUT2D eigenvalue weighted by atomic mass is 35.5. The molecule has 2 aliphatic heterocycles. The van der Waals surface area contributed by atoms with Gasteiger partial charge in [-0.3, -0.25) is 9.98 Å². The van der Waals surface area contributed by atoms with E-state index in [1.807, 2.05) is 11.0 Å². The van der Waals surface area contributed by atoms with Crippen LogP contribution in [-0.4, -0.2) is 63.1 Å². The molecule has 1 aromatic heterocycles. The molecule has 1 unspecified atom stereocenters. The van der Waals surface area contributed by atoms with Gasteiger partial charge in [0.15, 0.2) is 0 Å². The highest BCUT2D eigenvalue weighted by molar-refractivity contribution is 6.68. The van der Waals surface area contributed by atoms with Crippen LogP contribution in [-0.2, 0) is 9.53 Å². The number of pyridine rings is 1. The number of likely N-dealkylation sites (tertiary alicyclic amines) is 1. The van der Waals surface area contributed by atoms with Gasteiger partial charge in [0.1, 0.15) is 5.17 Å². The van der Waals surface area contributed by atoms with E-state index in [2.05, 4.69) is 23.8 Å². The van der Waals surface area contributed by atoms with Gasteiger partial charge in [0.05, 0.1) is 17.8 Å². The van der Waals surface area contributed by atoms with E-state index in [0.717, 1.165) is 12.8 Å². The van der Waals surface area contributed by atoms with Gasteiger partial charge in [-0.1, -0.05) is 31.5 Å². The number of carbonyl (C=O) groups is 1. The Labute approximate surface area is 188 Å². The number of carboxylic acid groups (broad SMARTS) is 1. The smallest absolute Gasteiger partial charge is 0.337 e. The summed E-state index contributed by atoms with van der Waals surface area (Å²) < 4.78 is 22.8. The normalized spacial score (nSPS) is 25.3. The summed E-state index contributed by atoms with van der Waals surface area (Å²) in [4.78, 5) is 22.6. The maximum Gasteiger partial charge on any atom is 0.337 e. The van der Waals surface area contributed by atoms with E-state index >= 15 is 4.39 Å². The van der Waals surface area contributed by atoms with Crippen LogP contribution in [0.5, 0.6) is 0 Å². The fourth-order valence-electron chi connectivity index (χ4n) is 4.07. The van der Waals surface area contributed by atoms with Crippen LogP contribution < -0.4 is 0 Å². The molecule has 0 bridgehead atoms. The summed E-state index contributed by atoms with van der Waals surface area (Å²) in [5, 5.41) is 9.60. The number of ether oxygens (including phenoxy) is 1. The van der Waals surface area contributed by atoms with Crippen molar-refractivity contribution in [2.75, 3.05) is 19.6 Å². The number of rotatable bonds is 5. The number of piperidine rings is 1. The van der Waals surface area contributed by atoms with Crippen LogP contribution in [0.3, 0.4) is 0 Å². The van der Waals surface area contributed by atoms with Crippen molar-refractivity contribution in [2.45, 2.75) is 64.8 Å². The van der Waals surface area contributed by atoms with E-state index in [9.17, 15) is 9.90 Å². The monoisotopic (exact) mass is 451 g/mol. The quantitative estimate of drug-likeness (QED) is 0.711. The van der Waals surface area contributed by atoms with Crippen molar-refractivity contribution in [1.82, 2.24) is 9.88 Å². The number of halogens is 2. The summed E-state index contributed by atoms with van der Waals surface area (Å²) in [5.41, 5.74) is -1.88. The summed E-state index contributed by atoms with van der Waals surface area (Å²) >= 11 is 6.37.